The van der Waals surface area contributed by atoms with Crippen molar-refractivity contribution in [2.45, 2.75) is 69.4 Å². The molecule has 0 radical (unpaired) electrons. The molecular weight excluding hydrogens is 408 g/mol. The summed E-state index contributed by atoms with van der Waals surface area (Å²) in [5, 5.41) is 23.0. The number of fused-ring (bicyclic) bond motifs is 1. The van der Waals surface area contributed by atoms with Crippen molar-refractivity contribution in [3.63, 3.8) is 0 Å². The summed E-state index contributed by atoms with van der Waals surface area (Å²) in [7, 11) is 0. The minimum absolute atomic E-state index is 0.114. The van der Waals surface area contributed by atoms with E-state index in [0.29, 0.717) is 5.75 Å². The Balaban J connectivity index is 1.45. The van der Waals surface area contributed by atoms with Crippen molar-refractivity contribution in [3.8, 4) is 5.75 Å². The van der Waals surface area contributed by atoms with E-state index >= 15 is 0 Å². The predicted molar refractivity (Wildman–Crippen MR) is 134 cm³/mol. The highest BCUT2D eigenvalue weighted by molar-refractivity contribution is 5.43. The molecule has 2 saturated heterocycles. The van der Waals surface area contributed by atoms with Crippen LogP contribution >= 0.6 is 0 Å². The van der Waals surface area contributed by atoms with Gasteiger partial charge in [0.15, 0.2) is 0 Å². The monoisotopic (exact) mass is 448 g/mol. The number of hydrogen-bond donors (Lipinski definition) is 2. The minimum atomic E-state index is -0.805. The van der Waals surface area contributed by atoms with E-state index < -0.39 is 5.60 Å². The molecule has 2 N–H and O–H groups in total. The van der Waals surface area contributed by atoms with Crippen LogP contribution in [0.3, 0.4) is 0 Å². The fourth-order valence-electron chi connectivity index (χ4n) is 6.69. The molecule has 3 unspecified atom stereocenters. The van der Waals surface area contributed by atoms with E-state index in [2.05, 4.69) is 54.0 Å². The fraction of sp³-hybridized carbons (Fsp3) is 0.586. The second kappa shape index (κ2) is 9.05. The second-order valence-corrected chi connectivity index (χ2v) is 10.9. The molecule has 3 fully saturated rings. The summed E-state index contributed by atoms with van der Waals surface area (Å²) in [6.45, 7) is 9.48. The molecule has 2 aromatic rings. The van der Waals surface area contributed by atoms with E-state index in [1.165, 1.54) is 24.0 Å². The minimum Gasteiger partial charge on any atom is -0.508 e. The molecule has 0 amide bonds. The second-order valence-electron chi connectivity index (χ2n) is 10.9. The molecule has 3 atom stereocenters. The van der Waals surface area contributed by atoms with Gasteiger partial charge in [0.25, 0.3) is 0 Å². The van der Waals surface area contributed by atoms with Crippen LogP contribution in [0.2, 0.25) is 0 Å². The first kappa shape index (κ1) is 22.9. The summed E-state index contributed by atoms with van der Waals surface area (Å²) in [4.78, 5) is 5.12. The molecule has 0 aromatic heterocycles. The van der Waals surface area contributed by atoms with E-state index in [1.807, 2.05) is 12.1 Å². The number of phenolic OH excluding ortho intramolecular Hbond substituents is 1. The maximum atomic E-state index is 12.6. The van der Waals surface area contributed by atoms with Gasteiger partial charge in [0.05, 0.1) is 5.60 Å². The third kappa shape index (κ3) is 4.34. The summed E-state index contributed by atoms with van der Waals surface area (Å²) < 4.78 is 0. The summed E-state index contributed by atoms with van der Waals surface area (Å²) in [6.07, 6.45) is 6.39. The van der Waals surface area contributed by atoms with Gasteiger partial charge in [-0.1, -0.05) is 36.4 Å². The lowest BCUT2D eigenvalue weighted by atomic mass is 9.57. The van der Waals surface area contributed by atoms with Crippen molar-refractivity contribution < 1.29 is 10.2 Å². The summed E-state index contributed by atoms with van der Waals surface area (Å²) in [6, 6.07) is 16.6. The zero-order valence-corrected chi connectivity index (χ0v) is 20.3. The first-order chi connectivity index (χ1) is 15.9. The molecule has 178 valence electrons. The SMILES string of the molecule is Cc1ccc(O)cc1C12CCN(CCc3ccccc3)CCC1(O)C(C)N(CC1CC1)CC2. The van der Waals surface area contributed by atoms with Crippen molar-refractivity contribution in [1.82, 2.24) is 9.80 Å². The lowest BCUT2D eigenvalue weighted by Gasteiger charge is -2.58. The molecule has 2 aliphatic heterocycles. The summed E-state index contributed by atoms with van der Waals surface area (Å²) in [5.74, 6) is 1.13. The highest BCUT2D eigenvalue weighted by Gasteiger charge is 2.59. The van der Waals surface area contributed by atoms with Crippen LogP contribution < -0.4 is 0 Å². The Bertz CT molecular complexity index is 959. The van der Waals surface area contributed by atoms with Crippen LogP contribution in [0.4, 0.5) is 0 Å². The van der Waals surface area contributed by atoms with Gasteiger partial charge in [-0.2, -0.15) is 0 Å². The molecule has 0 bridgehead atoms. The zero-order chi connectivity index (χ0) is 23.1. The molecule has 3 aliphatic rings. The lowest BCUT2D eigenvalue weighted by molar-refractivity contribution is -0.136. The van der Waals surface area contributed by atoms with Gasteiger partial charge in [-0.05, 0) is 100 Å². The number of aliphatic hydroxyl groups is 1. The van der Waals surface area contributed by atoms with Crippen LogP contribution in [-0.2, 0) is 11.8 Å². The smallest absolute Gasteiger partial charge is 0.115 e. The quantitative estimate of drug-likeness (QED) is 0.683. The van der Waals surface area contributed by atoms with E-state index in [4.69, 9.17) is 0 Å². The topological polar surface area (TPSA) is 46.9 Å². The van der Waals surface area contributed by atoms with Crippen LogP contribution in [0, 0.1) is 12.8 Å². The maximum absolute atomic E-state index is 12.6. The number of hydrogen-bond acceptors (Lipinski definition) is 4. The number of aromatic hydroxyl groups is 1. The Morgan fingerprint density at radius 1 is 0.970 bits per heavy atom. The van der Waals surface area contributed by atoms with Crippen molar-refractivity contribution >= 4 is 0 Å². The molecule has 2 heterocycles. The molecule has 33 heavy (non-hydrogen) atoms. The number of piperidine rings is 1. The van der Waals surface area contributed by atoms with Crippen LogP contribution in [0.5, 0.6) is 5.75 Å². The van der Waals surface area contributed by atoms with Gasteiger partial charge < -0.3 is 15.1 Å². The van der Waals surface area contributed by atoms with E-state index in [-0.39, 0.29) is 11.5 Å². The van der Waals surface area contributed by atoms with Gasteiger partial charge in [0, 0.05) is 31.1 Å². The lowest BCUT2D eigenvalue weighted by Crippen LogP contribution is -2.68. The largest absolute Gasteiger partial charge is 0.508 e. The Morgan fingerprint density at radius 3 is 2.45 bits per heavy atom. The van der Waals surface area contributed by atoms with E-state index in [9.17, 15) is 10.2 Å². The average molecular weight is 449 g/mol. The Morgan fingerprint density at radius 2 is 1.70 bits per heavy atom. The van der Waals surface area contributed by atoms with Gasteiger partial charge >= 0.3 is 0 Å². The first-order valence-corrected chi connectivity index (χ1v) is 12.9. The molecule has 5 rings (SSSR count). The molecule has 4 heteroatoms. The number of phenols is 1. The normalized spacial score (nSPS) is 31.2. The van der Waals surface area contributed by atoms with Crippen molar-refractivity contribution in [2.75, 3.05) is 32.7 Å². The summed E-state index contributed by atoms with van der Waals surface area (Å²) in [5.41, 5.74) is 2.59. The van der Waals surface area contributed by atoms with Crippen LogP contribution in [0.15, 0.2) is 48.5 Å². The van der Waals surface area contributed by atoms with Gasteiger partial charge in [-0.25, -0.2) is 0 Å². The third-order valence-corrected chi connectivity index (χ3v) is 9.04. The van der Waals surface area contributed by atoms with Gasteiger partial charge in [0.1, 0.15) is 5.75 Å². The van der Waals surface area contributed by atoms with Gasteiger partial charge in [-0.15, -0.1) is 0 Å². The van der Waals surface area contributed by atoms with E-state index in [1.54, 1.807) is 6.07 Å². The standard InChI is InChI=1S/C29H40N2O2/c1-22-8-11-26(32)20-27(22)28-13-17-30(16-12-24-6-4-3-5-7-24)18-15-29(28,33)23(2)31(19-14-28)21-25-9-10-25/h3-8,11,20,23,25,32-33H,9-10,12-19,21H2,1-2H3. The number of aryl methyl sites for hydroxylation is 1. The maximum Gasteiger partial charge on any atom is 0.115 e. The summed E-state index contributed by atoms with van der Waals surface area (Å²) >= 11 is 0. The zero-order valence-electron chi connectivity index (χ0n) is 20.3. The Hall–Kier alpha value is -1.88. The van der Waals surface area contributed by atoms with Crippen LogP contribution in [-0.4, -0.2) is 64.4 Å². The molecule has 1 saturated carbocycles. The molecular formula is C29H40N2O2. The number of benzene rings is 2. The van der Waals surface area contributed by atoms with Crippen LogP contribution in [0.1, 0.15) is 55.7 Å². The Labute approximate surface area is 199 Å². The Kier molecular flexibility index (Phi) is 6.28. The first-order valence-electron chi connectivity index (χ1n) is 12.9. The third-order valence-electron chi connectivity index (χ3n) is 9.04. The molecule has 0 spiro atoms. The van der Waals surface area contributed by atoms with Crippen LogP contribution in [0.25, 0.3) is 0 Å². The fourth-order valence-corrected chi connectivity index (χ4v) is 6.69. The van der Waals surface area contributed by atoms with Crippen molar-refractivity contribution in [1.29, 1.82) is 0 Å². The van der Waals surface area contributed by atoms with Crippen molar-refractivity contribution in [3.05, 3.63) is 65.2 Å². The molecule has 1 aliphatic carbocycles. The number of rotatable bonds is 6. The number of likely N-dealkylation sites (tertiary alicyclic amines) is 2. The van der Waals surface area contributed by atoms with E-state index in [0.717, 1.165) is 69.9 Å². The molecule has 4 nitrogen and oxygen atoms in total. The van der Waals surface area contributed by atoms with Gasteiger partial charge in [0.2, 0.25) is 0 Å². The molecule has 2 aromatic carbocycles. The van der Waals surface area contributed by atoms with Gasteiger partial charge in [-0.3, -0.25) is 4.90 Å². The average Bonchev–Trinajstić information content (AvgIpc) is 3.65. The van der Waals surface area contributed by atoms with Crippen molar-refractivity contribution in [2.24, 2.45) is 5.92 Å². The highest BCUT2D eigenvalue weighted by atomic mass is 16.3. The number of nitrogens with zero attached hydrogens (tertiary/aromatic N) is 2. The highest BCUT2D eigenvalue weighted by Crippen LogP contribution is 2.53. The predicted octanol–water partition coefficient (Wildman–Crippen LogP) is 4.51.